The van der Waals surface area contributed by atoms with Crippen LogP contribution in [0.15, 0.2) is 65.6 Å². The van der Waals surface area contributed by atoms with Gasteiger partial charge in [0, 0.05) is 6.54 Å². The third-order valence-electron chi connectivity index (χ3n) is 6.58. The molecule has 0 spiro atoms. The van der Waals surface area contributed by atoms with Crippen LogP contribution in [-0.2, 0) is 21.2 Å². The fraction of sp³-hybridized carbons (Fsp3) is 0.321. The van der Waals surface area contributed by atoms with Gasteiger partial charge in [0.15, 0.2) is 6.61 Å². The molecule has 1 aliphatic heterocycles. The van der Waals surface area contributed by atoms with E-state index in [9.17, 15) is 13.2 Å². The second kappa shape index (κ2) is 10.1. The van der Waals surface area contributed by atoms with E-state index in [1.807, 2.05) is 38.1 Å². The van der Waals surface area contributed by atoms with Gasteiger partial charge in [-0.3, -0.25) is 9.10 Å². The number of nitrogens with one attached hydrogen (secondary N) is 1. The van der Waals surface area contributed by atoms with E-state index in [0.29, 0.717) is 12.3 Å². The van der Waals surface area contributed by atoms with Crippen molar-refractivity contribution in [3.05, 3.63) is 88.5 Å². The van der Waals surface area contributed by atoms with Crippen LogP contribution >= 0.6 is 0 Å². The molecule has 6 nitrogen and oxygen atoms in total. The first kappa shape index (κ1) is 24.8. The molecule has 35 heavy (non-hydrogen) atoms. The molecule has 0 radical (unpaired) electrons. The summed E-state index contributed by atoms with van der Waals surface area (Å²) in [5.74, 6) is 0.199. The molecule has 1 amide bonds. The van der Waals surface area contributed by atoms with Crippen molar-refractivity contribution in [2.75, 3.05) is 17.5 Å². The Bertz CT molecular complexity index is 1330. The molecule has 1 atom stereocenters. The zero-order chi connectivity index (χ0) is 25.2. The number of fused-ring (bicyclic) bond motifs is 1. The molecular weight excluding hydrogens is 460 g/mol. The number of carbonyl (C=O) groups excluding carboxylic acids is 1. The van der Waals surface area contributed by atoms with Gasteiger partial charge in [-0.15, -0.1) is 0 Å². The molecule has 0 saturated heterocycles. The number of nitrogens with zero attached hydrogens (tertiary/aromatic N) is 1. The fourth-order valence-electron chi connectivity index (χ4n) is 4.54. The zero-order valence-corrected chi connectivity index (χ0v) is 21.5. The SMILES string of the molecule is Cc1cc(C)c(C(C)NC(=O)COc2ccc(S(=O)(=O)N3CCCc4ccccc43)cc2)cc1C. The van der Waals surface area contributed by atoms with Crippen molar-refractivity contribution in [3.63, 3.8) is 0 Å². The molecule has 1 unspecified atom stereocenters. The van der Waals surface area contributed by atoms with Crippen LogP contribution in [0.4, 0.5) is 5.69 Å². The summed E-state index contributed by atoms with van der Waals surface area (Å²) in [5, 5.41) is 2.98. The van der Waals surface area contributed by atoms with Crippen LogP contribution in [0.2, 0.25) is 0 Å². The Labute approximate surface area is 208 Å². The van der Waals surface area contributed by atoms with Gasteiger partial charge in [0.05, 0.1) is 16.6 Å². The third-order valence-corrected chi connectivity index (χ3v) is 8.40. The van der Waals surface area contributed by atoms with Crippen molar-refractivity contribution in [1.82, 2.24) is 5.32 Å². The third kappa shape index (κ3) is 5.35. The zero-order valence-electron chi connectivity index (χ0n) is 20.7. The van der Waals surface area contributed by atoms with Crippen LogP contribution in [0.25, 0.3) is 0 Å². The number of aryl methyl sites for hydroxylation is 4. The maximum atomic E-state index is 13.3. The summed E-state index contributed by atoms with van der Waals surface area (Å²) >= 11 is 0. The molecule has 0 saturated carbocycles. The summed E-state index contributed by atoms with van der Waals surface area (Å²) in [6.45, 7) is 8.43. The average molecular weight is 493 g/mol. The van der Waals surface area contributed by atoms with Crippen LogP contribution in [0.3, 0.4) is 0 Å². The summed E-state index contributed by atoms with van der Waals surface area (Å²) in [6, 6.07) is 17.9. The van der Waals surface area contributed by atoms with Gasteiger partial charge < -0.3 is 10.1 Å². The van der Waals surface area contributed by atoms with E-state index in [1.54, 1.807) is 12.1 Å². The van der Waals surface area contributed by atoms with Crippen LogP contribution < -0.4 is 14.4 Å². The maximum Gasteiger partial charge on any atom is 0.264 e. The van der Waals surface area contributed by atoms with E-state index in [4.69, 9.17) is 4.74 Å². The van der Waals surface area contributed by atoms with E-state index in [1.165, 1.54) is 27.6 Å². The lowest BCUT2D eigenvalue weighted by Gasteiger charge is -2.30. The number of para-hydroxylation sites is 1. The van der Waals surface area contributed by atoms with Crippen LogP contribution in [0, 0.1) is 20.8 Å². The summed E-state index contributed by atoms with van der Waals surface area (Å²) in [4.78, 5) is 12.7. The highest BCUT2D eigenvalue weighted by molar-refractivity contribution is 7.92. The number of hydrogen-bond donors (Lipinski definition) is 1. The minimum Gasteiger partial charge on any atom is -0.484 e. The molecule has 0 aliphatic carbocycles. The van der Waals surface area contributed by atoms with Gasteiger partial charge in [-0.25, -0.2) is 8.42 Å². The predicted molar refractivity (Wildman–Crippen MR) is 138 cm³/mol. The standard InChI is InChI=1S/C28H32N2O4S/c1-19-16-21(3)26(17-20(19)2)22(4)29-28(31)18-34-24-11-13-25(14-12-24)35(32,33)30-15-7-9-23-8-5-6-10-27(23)30/h5-6,8,10-14,16-17,22H,7,9,15,18H2,1-4H3,(H,29,31). The van der Waals surface area contributed by atoms with Crippen molar-refractivity contribution in [3.8, 4) is 5.75 Å². The Balaban J connectivity index is 1.38. The number of sulfonamides is 1. The molecule has 184 valence electrons. The molecule has 0 fully saturated rings. The Hall–Kier alpha value is -3.32. The second-order valence-electron chi connectivity index (χ2n) is 9.15. The van der Waals surface area contributed by atoms with Gasteiger partial charge in [-0.1, -0.05) is 30.3 Å². The Morgan fingerprint density at radius 2 is 1.69 bits per heavy atom. The van der Waals surface area contributed by atoms with E-state index in [2.05, 4.69) is 31.3 Å². The lowest BCUT2D eigenvalue weighted by molar-refractivity contribution is -0.123. The Kier molecular flexibility index (Phi) is 7.17. The van der Waals surface area contributed by atoms with Crippen molar-refractivity contribution in [2.45, 2.75) is 51.5 Å². The summed E-state index contributed by atoms with van der Waals surface area (Å²) in [6.07, 6.45) is 1.66. The first-order valence-corrected chi connectivity index (χ1v) is 13.3. The van der Waals surface area contributed by atoms with Crippen LogP contribution in [0.5, 0.6) is 5.75 Å². The van der Waals surface area contributed by atoms with Gasteiger partial charge in [-0.2, -0.15) is 0 Å². The van der Waals surface area contributed by atoms with Crippen LogP contribution in [0.1, 0.15) is 47.2 Å². The molecule has 0 aromatic heterocycles. The molecule has 3 aromatic carbocycles. The number of rotatable bonds is 7. The Morgan fingerprint density at radius 1 is 1.00 bits per heavy atom. The van der Waals surface area contributed by atoms with Gasteiger partial charge in [0.1, 0.15) is 5.75 Å². The predicted octanol–water partition coefficient (Wildman–Crippen LogP) is 5.01. The number of amides is 1. The summed E-state index contributed by atoms with van der Waals surface area (Å²) in [5.41, 5.74) is 6.40. The highest BCUT2D eigenvalue weighted by Crippen LogP contribution is 2.32. The molecular formula is C28H32N2O4S. The second-order valence-corrected chi connectivity index (χ2v) is 11.0. The van der Waals surface area contributed by atoms with E-state index in [-0.39, 0.29) is 23.5 Å². The molecule has 0 bridgehead atoms. The monoisotopic (exact) mass is 492 g/mol. The van der Waals surface area contributed by atoms with Crippen LogP contribution in [-0.4, -0.2) is 27.5 Å². The number of benzene rings is 3. The van der Waals surface area contributed by atoms with Gasteiger partial charge in [-0.05, 0) is 98.7 Å². The van der Waals surface area contributed by atoms with Crippen molar-refractivity contribution < 1.29 is 17.9 Å². The summed E-state index contributed by atoms with van der Waals surface area (Å²) in [7, 11) is -3.68. The topological polar surface area (TPSA) is 75.7 Å². The number of anilines is 1. The number of ether oxygens (including phenoxy) is 1. The molecule has 7 heteroatoms. The number of hydrogen-bond acceptors (Lipinski definition) is 4. The van der Waals surface area contributed by atoms with Gasteiger partial charge >= 0.3 is 0 Å². The van der Waals surface area contributed by atoms with Gasteiger partial charge in [0.2, 0.25) is 0 Å². The quantitative estimate of drug-likeness (QED) is 0.503. The average Bonchev–Trinajstić information content (AvgIpc) is 2.84. The molecule has 4 rings (SSSR count). The molecule has 1 N–H and O–H groups in total. The largest absolute Gasteiger partial charge is 0.484 e. The molecule has 3 aromatic rings. The lowest BCUT2D eigenvalue weighted by Crippen LogP contribution is -2.35. The highest BCUT2D eigenvalue weighted by Gasteiger charge is 2.28. The highest BCUT2D eigenvalue weighted by atomic mass is 32.2. The Morgan fingerprint density at radius 3 is 2.43 bits per heavy atom. The number of carbonyl (C=O) groups is 1. The van der Waals surface area contributed by atoms with Gasteiger partial charge in [0.25, 0.3) is 15.9 Å². The molecule has 1 heterocycles. The lowest BCUT2D eigenvalue weighted by atomic mass is 9.96. The van der Waals surface area contributed by atoms with Crippen molar-refractivity contribution in [1.29, 1.82) is 0 Å². The normalized spacial score (nSPS) is 14.2. The minimum absolute atomic E-state index is 0.148. The minimum atomic E-state index is -3.68. The van der Waals surface area contributed by atoms with E-state index >= 15 is 0 Å². The molecule has 1 aliphatic rings. The van der Waals surface area contributed by atoms with E-state index < -0.39 is 10.0 Å². The first-order valence-electron chi connectivity index (χ1n) is 11.9. The smallest absolute Gasteiger partial charge is 0.264 e. The van der Waals surface area contributed by atoms with Crippen molar-refractivity contribution >= 4 is 21.6 Å². The maximum absolute atomic E-state index is 13.3. The first-order chi connectivity index (χ1) is 16.7. The summed E-state index contributed by atoms with van der Waals surface area (Å²) < 4.78 is 33.7. The van der Waals surface area contributed by atoms with E-state index in [0.717, 1.165) is 35.2 Å². The van der Waals surface area contributed by atoms with Crippen molar-refractivity contribution in [2.24, 2.45) is 0 Å². The fourth-order valence-corrected chi connectivity index (χ4v) is 6.08.